The number of nitrogens with one attached hydrogen (secondary N) is 1. The average Bonchev–Trinajstić information content (AvgIpc) is 2.40. The summed E-state index contributed by atoms with van der Waals surface area (Å²) < 4.78 is 4.65. The lowest BCUT2D eigenvalue weighted by Crippen LogP contribution is -2.04. The molecule has 0 aromatic heterocycles. The number of para-hydroxylation sites is 1. The van der Waals surface area contributed by atoms with E-state index in [9.17, 15) is 4.79 Å². The van der Waals surface area contributed by atoms with E-state index in [1.165, 1.54) is 7.11 Å². The molecule has 3 heteroatoms. The predicted octanol–water partition coefficient (Wildman–Crippen LogP) is 3.15. The minimum atomic E-state index is -0.230. The summed E-state index contributed by atoms with van der Waals surface area (Å²) in [6.45, 7) is 0. The number of benzene rings is 2. The topological polar surface area (TPSA) is 38.3 Å². The standard InChI is InChI=1S/C15H15NO2/c1-18-15(17)11-12-6-5-9-14(10-12)16-13-7-3-2-4-8-13/h2-10,16H,11H2,1H3. The molecule has 2 aromatic rings. The van der Waals surface area contributed by atoms with Gasteiger partial charge in [-0.25, -0.2) is 0 Å². The Bertz CT molecular complexity index is 523. The van der Waals surface area contributed by atoms with Crippen molar-refractivity contribution >= 4 is 17.3 Å². The van der Waals surface area contributed by atoms with E-state index in [1.807, 2.05) is 54.6 Å². The van der Waals surface area contributed by atoms with Gasteiger partial charge in [0.05, 0.1) is 13.5 Å². The molecule has 0 unspecified atom stereocenters. The van der Waals surface area contributed by atoms with E-state index in [4.69, 9.17) is 0 Å². The number of carbonyl (C=O) groups is 1. The van der Waals surface area contributed by atoms with E-state index in [1.54, 1.807) is 0 Å². The molecule has 0 heterocycles. The number of rotatable bonds is 4. The highest BCUT2D eigenvalue weighted by Crippen LogP contribution is 2.17. The third-order valence-electron chi connectivity index (χ3n) is 2.57. The molecule has 3 nitrogen and oxygen atoms in total. The van der Waals surface area contributed by atoms with Crippen LogP contribution in [0, 0.1) is 0 Å². The van der Waals surface area contributed by atoms with Crippen molar-refractivity contribution in [3.63, 3.8) is 0 Å². The van der Waals surface area contributed by atoms with Crippen LogP contribution in [-0.2, 0) is 16.0 Å². The van der Waals surface area contributed by atoms with Gasteiger partial charge in [-0.1, -0.05) is 30.3 Å². The highest BCUT2D eigenvalue weighted by Gasteiger charge is 2.03. The Morgan fingerprint density at radius 1 is 1.06 bits per heavy atom. The quantitative estimate of drug-likeness (QED) is 0.836. The summed E-state index contributed by atoms with van der Waals surface area (Å²) in [5, 5.41) is 3.28. The molecule has 0 aliphatic heterocycles. The fraction of sp³-hybridized carbons (Fsp3) is 0.133. The third-order valence-corrected chi connectivity index (χ3v) is 2.57. The van der Waals surface area contributed by atoms with Crippen molar-refractivity contribution in [1.29, 1.82) is 0 Å². The third kappa shape index (κ3) is 3.35. The molecular formula is C15H15NO2. The van der Waals surface area contributed by atoms with Gasteiger partial charge in [0.15, 0.2) is 0 Å². The second-order valence-electron chi connectivity index (χ2n) is 3.94. The van der Waals surface area contributed by atoms with Gasteiger partial charge in [0, 0.05) is 11.4 Å². The molecule has 2 rings (SSSR count). The van der Waals surface area contributed by atoms with Crippen LogP contribution in [0.25, 0.3) is 0 Å². The summed E-state index contributed by atoms with van der Waals surface area (Å²) in [4.78, 5) is 11.2. The van der Waals surface area contributed by atoms with Crippen molar-refractivity contribution in [2.75, 3.05) is 12.4 Å². The molecule has 0 radical (unpaired) electrons. The van der Waals surface area contributed by atoms with Gasteiger partial charge in [-0.15, -0.1) is 0 Å². The van der Waals surface area contributed by atoms with Crippen LogP contribution in [0.5, 0.6) is 0 Å². The monoisotopic (exact) mass is 241 g/mol. The first-order chi connectivity index (χ1) is 8.78. The van der Waals surface area contributed by atoms with Crippen molar-refractivity contribution in [2.24, 2.45) is 0 Å². The second-order valence-corrected chi connectivity index (χ2v) is 3.94. The first-order valence-electron chi connectivity index (χ1n) is 5.76. The molecule has 0 amide bonds. The molecule has 0 bridgehead atoms. The van der Waals surface area contributed by atoms with Gasteiger partial charge in [-0.3, -0.25) is 4.79 Å². The maximum atomic E-state index is 11.2. The summed E-state index contributed by atoms with van der Waals surface area (Å²) >= 11 is 0. The fourth-order valence-corrected chi connectivity index (χ4v) is 1.69. The van der Waals surface area contributed by atoms with Gasteiger partial charge >= 0.3 is 5.97 Å². The SMILES string of the molecule is COC(=O)Cc1cccc(Nc2ccccc2)c1. The Kier molecular flexibility index (Phi) is 3.97. The van der Waals surface area contributed by atoms with Crippen molar-refractivity contribution < 1.29 is 9.53 Å². The van der Waals surface area contributed by atoms with Gasteiger partial charge in [-0.05, 0) is 29.8 Å². The van der Waals surface area contributed by atoms with Gasteiger partial charge in [0.2, 0.25) is 0 Å². The molecule has 0 aliphatic carbocycles. The van der Waals surface area contributed by atoms with Crippen LogP contribution in [0.1, 0.15) is 5.56 Å². The van der Waals surface area contributed by atoms with Crippen LogP contribution in [0.4, 0.5) is 11.4 Å². The minimum absolute atomic E-state index is 0.230. The number of anilines is 2. The summed E-state index contributed by atoms with van der Waals surface area (Å²) in [5.74, 6) is -0.230. The van der Waals surface area contributed by atoms with Crippen LogP contribution >= 0.6 is 0 Å². The number of esters is 1. The molecule has 0 spiro atoms. The van der Waals surface area contributed by atoms with E-state index >= 15 is 0 Å². The number of carbonyl (C=O) groups excluding carboxylic acids is 1. The van der Waals surface area contributed by atoms with Gasteiger partial charge in [0.25, 0.3) is 0 Å². The normalized spacial score (nSPS) is 9.83. The molecule has 18 heavy (non-hydrogen) atoms. The summed E-state index contributed by atoms with van der Waals surface area (Å²) in [7, 11) is 1.40. The van der Waals surface area contributed by atoms with Crippen molar-refractivity contribution in [1.82, 2.24) is 0 Å². The van der Waals surface area contributed by atoms with Gasteiger partial charge < -0.3 is 10.1 Å². The van der Waals surface area contributed by atoms with Crippen molar-refractivity contribution in [3.8, 4) is 0 Å². The van der Waals surface area contributed by atoms with Crippen LogP contribution in [0.2, 0.25) is 0 Å². The lowest BCUT2D eigenvalue weighted by atomic mass is 10.1. The number of hydrogen-bond donors (Lipinski definition) is 1. The summed E-state index contributed by atoms with van der Waals surface area (Å²) in [5.41, 5.74) is 2.91. The minimum Gasteiger partial charge on any atom is -0.469 e. The predicted molar refractivity (Wildman–Crippen MR) is 71.9 cm³/mol. The molecule has 2 aromatic carbocycles. The molecule has 92 valence electrons. The number of methoxy groups -OCH3 is 1. The van der Waals surface area contributed by atoms with E-state index in [2.05, 4.69) is 10.1 Å². The zero-order chi connectivity index (χ0) is 12.8. The smallest absolute Gasteiger partial charge is 0.309 e. The van der Waals surface area contributed by atoms with E-state index in [0.717, 1.165) is 16.9 Å². The maximum absolute atomic E-state index is 11.2. The van der Waals surface area contributed by atoms with E-state index in [-0.39, 0.29) is 5.97 Å². The molecule has 0 fully saturated rings. The molecule has 1 N–H and O–H groups in total. The Morgan fingerprint density at radius 2 is 1.78 bits per heavy atom. The van der Waals surface area contributed by atoms with E-state index in [0.29, 0.717) is 6.42 Å². The molecule has 0 atom stereocenters. The number of ether oxygens (including phenoxy) is 1. The Morgan fingerprint density at radius 3 is 2.50 bits per heavy atom. The zero-order valence-corrected chi connectivity index (χ0v) is 10.2. The fourth-order valence-electron chi connectivity index (χ4n) is 1.69. The molecule has 0 aliphatic rings. The molecule has 0 saturated heterocycles. The van der Waals surface area contributed by atoms with Gasteiger partial charge in [0.1, 0.15) is 0 Å². The largest absolute Gasteiger partial charge is 0.469 e. The summed E-state index contributed by atoms with van der Waals surface area (Å²) in [6, 6.07) is 17.6. The Balaban J connectivity index is 2.10. The second kappa shape index (κ2) is 5.87. The van der Waals surface area contributed by atoms with E-state index < -0.39 is 0 Å². The zero-order valence-electron chi connectivity index (χ0n) is 10.2. The number of hydrogen-bond acceptors (Lipinski definition) is 3. The first kappa shape index (κ1) is 12.2. The Labute approximate surface area is 106 Å². The first-order valence-corrected chi connectivity index (χ1v) is 5.76. The highest BCUT2D eigenvalue weighted by molar-refractivity contribution is 5.73. The average molecular weight is 241 g/mol. The highest BCUT2D eigenvalue weighted by atomic mass is 16.5. The van der Waals surface area contributed by atoms with Crippen molar-refractivity contribution in [3.05, 3.63) is 60.2 Å². The van der Waals surface area contributed by atoms with Crippen LogP contribution in [0.3, 0.4) is 0 Å². The van der Waals surface area contributed by atoms with Crippen LogP contribution in [0.15, 0.2) is 54.6 Å². The maximum Gasteiger partial charge on any atom is 0.309 e. The van der Waals surface area contributed by atoms with Crippen LogP contribution in [-0.4, -0.2) is 13.1 Å². The molecular weight excluding hydrogens is 226 g/mol. The van der Waals surface area contributed by atoms with Crippen molar-refractivity contribution in [2.45, 2.75) is 6.42 Å². The lowest BCUT2D eigenvalue weighted by Gasteiger charge is -2.07. The Hall–Kier alpha value is -2.29. The van der Waals surface area contributed by atoms with Gasteiger partial charge in [-0.2, -0.15) is 0 Å². The summed E-state index contributed by atoms with van der Waals surface area (Å²) in [6.07, 6.45) is 0.292. The molecule has 0 saturated carbocycles. The van der Waals surface area contributed by atoms with Crippen LogP contribution < -0.4 is 5.32 Å². The lowest BCUT2D eigenvalue weighted by molar-refractivity contribution is -0.139.